The SMILES string of the molecule is COc1nccc2c1COC21CCCN(C(=O)OC(C)(C)C)C1. The Hall–Kier alpha value is -1.82. The van der Waals surface area contributed by atoms with Gasteiger partial charge >= 0.3 is 6.09 Å². The Morgan fingerprint density at radius 2 is 2.22 bits per heavy atom. The monoisotopic (exact) mass is 320 g/mol. The third-order valence-corrected chi connectivity index (χ3v) is 4.30. The zero-order valence-corrected chi connectivity index (χ0v) is 14.2. The molecule has 0 bridgehead atoms. The van der Waals surface area contributed by atoms with Gasteiger partial charge in [0.1, 0.15) is 11.2 Å². The second-order valence-electron chi connectivity index (χ2n) is 7.13. The van der Waals surface area contributed by atoms with Crippen LogP contribution < -0.4 is 4.74 Å². The number of likely N-dealkylation sites (tertiary alicyclic amines) is 1. The van der Waals surface area contributed by atoms with E-state index in [1.807, 2.05) is 26.8 Å². The van der Waals surface area contributed by atoms with Crippen LogP contribution in [-0.4, -0.2) is 41.8 Å². The summed E-state index contributed by atoms with van der Waals surface area (Å²) in [6.45, 7) is 7.29. The molecule has 23 heavy (non-hydrogen) atoms. The lowest BCUT2D eigenvalue weighted by molar-refractivity contribution is -0.0869. The van der Waals surface area contributed by atoms with Crippen LogP contribution in [0.4, 0.5) is 4.79 Å². The number of rotatable bonds is 1. The van der Waals surface area contributed by atoms with Crippen LogP contribution in [0.5, 0.6) is 5.88 Å². The van der Waals surface area contributed by atoms with Crippen LogP contribution in [0, 0.1) is 0 Å². The second-order valence-corrected chi connectivity index (χ2v) is 7.13. The molecule has 6 heteroatoms. The first-order valence-corrected chi connectivity index (χ1v) is 7.99. The van der Waals surface area contributed by atoms with Gasteiger partial charge in [0.2, 0.25) is 5.88 Å². The lowest BCUT2D eigenvalue weighted by Crippen LogP contribution is -2.49. The number of carbonyl (C=O) groups is 1. The molecule has 0 aliphatic carbocycles. The minimum atomic E-state index is -0.497. The summed E-state index contributed by atoms with van der Waals surface area (Å²) in [5, 5.41) is 0. The molecule has 0 aromatic carbocycles. The van der Waals surface area contributed by atoms with E-state index in [0.717, 1.165) is 24.0 Å². The number of nitrogens with zero attached hydrogens (tertiary/aromatic N) is 2. The molecule has 2 aliphatic heterocycles. The number of ether oxygens (including phenoxy) is 3. The van der Waals surface area contributed by atoms with Crippen LogP contribution in [0.1, 0.15) is 44.7 Å². The Kier molecular flexibility index (Phi) is 3.96. The fourth-order valence-electron chi connectivity index (χ4n) is 3.35. The average Bonchev–Trinajstić information content (AvgIpc) is 2.84. The number of hydrogen-bond acceptors (Lipinski definition) is 5. The summed E-state index contributed by atoms with van der Waals surface area (Å²) in [6, 6.07) is 1.98. The molecule has 1 saturated heterocycles. The van der Waals surface area contributed by atoms with E-state index in [-0.39, 0.29) is 6.09 Å². The van der Waals surface area contributed by atoms with Crippen LogP contribution >= 0.6 is 0 Å². The van der Waals surface area contributed by atoms with Crippen LogP contribution in [-0.2, 0) is 21.7 Å². The van der Waals surface area contributed by atoms with Gasteiger partial charge in [-0.2, -0.15) is 0 Å². The van der Waals surface area contributed by atoms with Crippen molar-refractivity contribution in [1.29, 1.82) is 0 Å². The predicted octanol–water partition coefficient (Wildman–Crippen LogP) is 2.85. The van der Waals surface area contributed by atoms with Crippen molar-refractivity contribution in [2.45, 2.75) is 51.4 Å². The Labute approximate surface area is 136 Å². The van der Waals surface area contributed by atoms with Gasteiger partial charge in [-0.15, -0.1) is 0 Å². The van der Waals surface area contributed by atoms with Crippen molar-refractivity contribution < 1.29 is 19.0 Å². The maximum atomic E-state index is 12.4. The van der Waals surface area contributed by atoms with E-state index in [1.165, 1.54) is 0 Å². The van der Waals surface area contributed by atoms with Crippen LogP contribution in [0.25, 0.3) is 0 Å². The fraction of sp³-hybridized carbons (Fsp3) is 0.647. The number of piperidine rings is 1. The van der Waals surface area contributed by atoms with Crippen LogP contribution in [0.15, 0.2) is 12.3 Å². The topological polar surface area (TPSA) is 60.9 Å². The first-order valence-electron chi connectivity index (χ1n) is 7.99. The van der Waals surface area contributed by atoms with Crippen molar-refractivity contribution in [3.63, 3.8) is 0 Å². The standard InChI is InChI=1S/C17H24N2O4/c1-16(2,3)23-15(20)19-9-5-7-17(11-19)13-6-8-18-14(21-4)12(13)10-22-17/h6,8H,5,7,9-11H2,1-4H3. The van der Waals surface area contributed by atoms with Gasteiger partial charge in [-0.1, -0.05) is 0 Å². The highest BCUT2D eigenvalue weighted by Crippen LogP contribution is 2.45. The molecule has 0 saturated carbocycles. The largest absolute Gasteiger partial charge is 0.481 e. The summed E-state index contributed by atoms with van der Waals surface area (Å²) < 4.78 is 17.0. The van der Waals surface area contributed by atoms with Crippen molar-refractivity contribution in [2.24, 2.45) is 0 Å². The first-order chi connectivity index (χ1) is 10.8. The van der Waals surface area contributed by atoms with Gasteiger partial charge in [-0.05, 0) is 45.2 Å². The van der Waals surface area contributed by atoms with E-state index in [2.05, 4.69) is 4.98 Å². The van der Waals surface area contributed by atoms with Crippen molar-refractivity contribution in [3.05, 3.63) is 23.4 Å². The van der Waals surface area contributed by atoms with Gasteiger partial charge in [-0.25, -0.2) is 9.78 Å². The summed E-state index contributed by atoms with van der Waals surface area (Å²) in [5.74, 6) is 0.605. The zero-order valence-electron chi connectivity index (χ0n) is 14.2. The average molecular weight is 320 g/mol. The maximum Gasteiger partial charge on any atom is 0.410 e. The third kappa shape index (κ3) is 3.00. The van der Waals surface area contributed by atoms with E-state index in [4.69, 9.17) is 14.2 Å². The molecule has 1 atom stereocenters. The van der Waals surface area contributed by atoms with Crippen molar-refractivity contribution >= 4 is 6.09 Å². The molecule has 126 valence electrons. The molecule has 1 aromatic heterocycles. The minimum absolute atomic E-state index is 0.283. The normalized spacial score (nSPS) is 23.7. The molecule has 1 aromatic rings. The van der Waals surface area contributed by atoms with Crippen molar-refractivity contribution in [3.8, 4) is 5.88 Å². The van der Waals surface area contributed by atoms with Gasteiger partial charge < -0.3 is 19.1 Å². The van der Waals surface area contributed by atoms with E-state index >= 15 is 0 Å². The Morgan fingerprint density at radius 1 is 1.43 bits per heavy atom. The lowest BCUT2D eigenvalue weighted by Gasteiger charge is -2.40. The summed E-state index contributed by atoms with van der Waals surface area (Å²) in [6.07, 6.45) is 3.21. The number of hydrogen-bond donors (Lipinski definition) is 0. The summed E-state index contributed by atoms with van der Waals surface area (Å²) in [7, 11) is 1.61. The quantitative estimate of drug-likeness (QED) is 0.796. The molecular weight excluding hydrogens is 296 g/mol. The summed E-state index contributed by atoms with van der Waals surface area (Å²) in [4.78, 5) is 18.4. The lowest BCUT2D eigenvalue weighted by atomic mass is 9.85. The molecule has 0 N–H and O–H groups in total. The third-order valence-electron chi connectivity index (χ3n) is 4.30. The predicted molar refractivity (Wildman–Crippen MR) is 84.3 cm³/mol. The summed E-state index contributed by atoms with van der Waals surface area (Å²) in [5.41, 5.74) is 1.10. The number of carbonyl (C=O) groups excluding carboxylic acids is 1. The molecule has 6 nitrogen and oxygen atoms in total. The molecule has 1 spiro atoms. The van der Waals surface area contributed by atoms with E-state index in [1.54, 1.807) is 18.2 Å². The zero-order chi connectivity index (χ0) is 16.7. The Morgan fingerprint density at radius 3 is 2.91 bits per heavy atom. The Bertz CT molecular complexity index is 611. The van der Waals surface area contributed by atoms with Gasteiger partial charge in [0.25, 0.3) is 0 Å². The van der Waals surface area contributed by atoms with Gasteiger partial charge in [-0.3, -0.25) is 0 Å². The van der Waals surface area contributed by atoms with E-state index < -0.39 is 11.2 Å². The minimum Gasteiger partial charge on any atom is -0.481 e. The molecule has 3 heterocycles. The molecule has 3 rings (SSSR count). The molecular formula is C17H24N2O4. The molecule has 1 fully saturated rings. The maximum absolute atomic E-state index is 12.4. The number of amides is 1. The van der Waals surface area contributed by atoms with Crippen LogP contribution in [0.3, 0.4) is 0 Å². The highest BCUT2D eigenvalue weighted by Gasteiger charge is 2.46. The highest BCUT2D eigenvalue weighted by molar-refractivity contribution is 5.68. The number of fused-ring (bicyclic) bond motifs is 2. The number of aromatic nitrogens is 1. The fourth-order valence-corrected chi connectivity index (χ4v) is 3.35. The molecule has 0 radical (unpaired) electrons. The van der Waals surface area contributed by atoms with Gasteiger partial charge in [0.05, 0.1) is 20.3 Å². The second kappa shape index (κ2) is 5.67. The van der Waals surface area contributed by atoms with E-state index in [9.17, 15) is 4.79 Å². The van der Waals surface area contributed by atoms with Crippen molar-refractivity contribution in [1.82, 2.24) is 9.88 Å². The number of methoxy groups -OCH3 is 1. The van der Waals surface area contributed by atoms with Gasteiger partial charge in [0.15, 0.2) is 0 Å². The van der Waals surface area contributed by atoms with E-state index in [0.29, 0.717) is 25.6 Å². The van der Waals surface area contributed by atoms with Crippen LogP contribution in [0.2, 0.25) is 0 Å². The molecule has 1 unspecified atom stereocenters. The smallest absolute Gasteiger partial charge is 0.410 e. The van der Waals surface area contributed by atoms with Gasteiger partial charge in [0, 0.05) is 18.3 Å². The highest BCUT2D eigenvalue weighted by atomic mass is 16.6. The summed E-state index contributed by atoms with van der Waals surface area (Å²) >= 11 is 0. The number of pyridine rings is 1. The Balaban J connectivity index is 1.84. The first kappa shape index (κ1) is 16.1. The molecule has 2 aliphatic rings. The molecule has 1 amide bonds. The van der Waals surface area contributed by atoms with Crippen molar-refractivity contribution in [2.75, 3.05) is 20.2 Å².